The number of hydrogen-bond acceptors (Lipinski definition) is 5. The molecule has 2 unspecified atom stereocenters. The van der Waals surface area contributed by atoms with E-state index in [2.05, 4.69) is 5.32 Å². The minimum atomic E-state index is -0.616. The zero-order valence-corrected chi connectivity index (χ0v) is 17.0. The van der Waals surface area contributed by atoms with Gasteiger partial charge in [0.15, 0.2) is 0 Å². The third-order valence-corrected chi connectivity index (χ3v) is 5.57. The van der Waals surface area contributed by atoms with Crippen molar-refractivity contribution in [1.82, 2.24) is 10.2 Å². The van der Waals surface area contributed by atoms with Gasteiger partial charge in [0.1, 0.15) is 6.04 Å². The fourth-order valence-electron chi connectivity index (χ4n) is 3.08. The van der Waals surface area contributed by atoms with Crippen molar-refractivity contribution in [2.75, 3.05) is 25.4 Å². The molecule has 0 spiro atoms. The number of esters is 1. The SMILES string of the molecule is CCOC(=O)C1CCCN(C(=O)C(CSc2ccc(C)cc2)NC(C)=O)C1. The van der Waals surface area contributed by atoms with Crippen molar-refractivity contribution in [2.45, 2.75) is 44.6 Å². The van der Waals surface area contributed by atoms with Gasteiger partial charge in [-0.15, -0.1) is 11.8 Å². The van der Waals surface area contributed by atoms with E-state index in [1.165, 1.54) is 24.2 Å². The summed E-state index contributed by atoms with van der Waals surface area (Å²) in [6, 6.07) is 7.44. The Kier molecular flexibility index (Phi) is 8.16. The Bertz CT molecular complexity index is 662. The van der Waals surface area contributed by atoms with Crippen molar-refractivity contribution in [1.29, 1.82) is 0 Å². The lowest BCUT2D eigenvalue weighted by atomic mass is 9.97. The van der Waals surface area contributed by atoms with E-state index in [0.29, 0.717) is 25.4 Å². The molecule has 0 aliphatic carbocycles. The van der Waals surface area contributed by atoms with Crippen LogP contribution in [0.1, 0.15) is 32.3 Å². The van der Waals surface area contributed by atoms with Gasteiger partial charge in [0, 0.05) is 30.7 Å². The molecule has 2 amide bonds. The van der Waals surface area contributed by atoms with Crippen LogP contribution in [0.5, 0.6) is 0 Å². The summed E-state index contributed by atoms with van der Waals surface area (Å²) in [5.41, 5.74) is 1.17. The first-order valence-corrected chi connectivity index (χ1v) is 10.3. The number of rotatable bonds is 7. The highest BCUT2D eigenvalue weighted by molar-refractivity contribution is 7.99. The Morgan fingerprint density at radius 2 is 2.00 bits per heavy atom. The number of aryl methyl sites for hydroxylation is 1. The monoisotopic (exact) mass is 392 g/mol. The largest absolute Gasteiger partial charge is 0.466 e. The molecule has 1 aliphatic heterocycles. The number of carbonyl (C=O) groups excluding carboxylic acids is 3. The predicted octanol–water partition coefficient (Wildman–Crippen LogP) is 2.39. The third-order valence-electron chi connectivity index (χ3n) is 4.47. The first-order chi connectivity index (χ1) is 12.9. The predicted molar refractivity (Wildman–Crippen MR) is 105 cm³/mol. The van der Waals surface area contributed by atoms with Gasteiger partial charge in [0.25, 0.3) is 0 Å². The van der Waals surface area contributed by atoms with Crippen LogP contribution in [0.2, 0.25) is 0 Å². The van der Waals surface area contributed by atoms with Crippen molar-refractivity contribution in [2.24, 2.45) is 5.92 Å². The van der Waals surface area contributed by atoms with E-state index in [-0.39, 0.29) is 23.7 Å². The third kappa shape index (κ3) is 6.57. The Hall–Kier alpha value is -2.02. The fraction of sp³-hybridized carbons (Fsp3) is 0.550. The summed E-state index contributed by atoms with van der Waals surface area (Å²) < 4.78 is 5.10. The molecule has 1 fully saturated rings. The zero-order valence-electron chi connectivity index (χ0n) is 16.2. The van der Waals surface area contributed by atoms with Crippen LogP contribution in [0, 0.1) is 12.8 Å². The van der Waals surface area contributed by atoms with E-state index in [4.69, 9.17) is 4.74 Å². The Morgan fingerprint density at radius 1 is 1.30 bits per heavy atom. The molecule has 1 aromatic carbocycles. The lowest BCUT2D eigenvalue weighted by Gasteiger charge is -2.34. The Morgan fingerprint density at radius 3 is 2.63 bits per heavy atom. The first kappa shape index (κ1) is 21.3. The lowest BCUT2D eigenvalue weighted by molar-refractivity contribution is -0.151. The van der Waals surface area contributed by atoms with Crippen LogP contribution < -0.4 is 5.32 Å². The normalized spacial score (nSPS) is 17.9. The molecule has 27 heavy (non-hydrogen) atoms. The van der Waals surface area contributed by atoms with Crippen molar-refractivity contribution in [3.05, 3.63) is 29.8 Å². The number of benzene rings is 1. The van der Waals surface area contributed by atoms with Crippen LogP contribution in [-0.4, -0.2) is 54.2 Å². The molecule has 1 heterocycles. The summed E-state index contributed by atoms with van der Waals surface area (Å²) in [6.07, 6.45) is 1.48. The maximum Gasteiger partial charge on any atom is 0.310 e. The zero-order chi connectivity index (χ0) is 19.8. The van der Waals surface area contributed by atoms with Gasteiger partial charge >= 0.3 is 5.97 Å². The Labute approximate surface area is 165 Å². The maximum absolute atomic E-state index is 13.0. The maximum atomic E-state index is 13.0. The van der Waals surface area contributed by atoms with E-state index < -0.39 is 6.04 Å². The average Bonchev–Trinajstić information content (AvgIpc) is 2.66. The van der Waals surface area contributed by atoms with E-state index in [9.17, 15) is 14.4 Å². The van der Waals surface area contributed by atoms with Gasteiger partial charge in [-0.2, -0.15) is 0 Å². The summed E-state index contributed by atoms with van der Waals surface area (Å²) in [6.45, 7) is 6.50. The fourth-order valence-corrected chi connectivity index (χ4v) is 4.00. The second-order valence-electron chi connectivity index (χ2n) is 6.75. The summed E-state index contributed by atoms with van der Waals surface area (Å²) in [5.74, 6) is -0.469. The second-order valence-corrected chi connectivity index (χ2v) is 7.85. The van der Waals surface area contributed by atoms with Crippen molar-refractivity contribution in [3.8, 4) is 0 Å². The van der Waals surface area contributed by atoms with E-state index in [0.717, 1.165) is 17.7 Å². The van der Waals surface area contributed by atoms with Crippen LogP contribution >= 0.6 is 11.8 Å². The summed E-state index contributed by atoms with van der Waals surface area (Å²) in [7, 11) is 0. The van der Waals surface area contributed by atoms with Crippen LogP contribution in [0.4, 0.5) is 0 Å². The molecule has 0 saturated carbocycles. The number of likely N-dealkylation sites (tertiary alicyclic amines) is 1. The highest BCUT2D eigenvalue weighted by Crippen LogP contribution is 2.22. The van der Waals surface area contributed by atoms with Gasteiger partial charge in [-0.05, 0) is 38.8 Å². The molecule has 1 aromatic rings. The number of piperidine rings is 1. The molecule has 1 aliphatic rings. The Balaban J connectivity index is 2.01. The first-order valence-electron chi connectivity index (χ1n) is 9.32. The molecule has 1 N–H and O–H groups in total. The molecular weight excluding hydrogens is 364 g/mol. The van der Waals surface area contributed by atoms with Crippen LogP contribution in [0.15, 0.2) is 29.2 Å². The number of ether oxygens (including phenoxy) is 1. The molecule has 0 radical (unpaired) electrons. The van der Waals surface area contributed by atoms with Gasteiger partial charge in [0.05, 0.1) is 12.5 Å². The quantitative estimate of drug-likeness (QED) is 0.570. The standard InChI is InChI=1S/C20H28N2O4S/c1-4-26-20(25)16-6-5-11-22(12-16)19(24)18(21-15(3)23)13-27-17-9-7-14(2)8-10-17/h7-10,16,18H,4-6,11-13H2,1-3H3,(H,21,23). The van der Waals surface area contributed by atoms with Gasteiger partial charge in [-0.1, -0.05) is 17.7 Å². The lowest BCUT2D eigenvalue weighted by Crippen LogP contribution is -2.52. The van der Waals surface area contributed by atoms with Gasteiger partial charge in [-0.25, -0.2) is 0 Å². The smallest absolute Gasteiger partial charge is 0.310 e. The molecule has 6 nitrogen and oxygen atoms in total. The highest BCUT2D eigenvalue weighted by atomic mass is 32.2. The number of nitrogens with zero attached hydrogens (tertiary/aromatic N) is 1. The molecular formula is C20H28N2O4S. The topological polar surface area (TPSA) is 75.7 Å². The van der Waals surface area contributed by atoms with Gasteiger partial charge < -0.3 is 15.0 Å². The number of thioether (sulfide) groups is 1. The number of amides is 2. The van der Waals surface area contributed by atoms with E-state index in [1.54, 1.807) is 11.8 Å². The molecule has 0 aromatic heterocycles. The van der Waals surface area contributed by atoms with Gasteiger partial charge in [-0.3, -0.25) is 14.4 Å². The average molecular weight is 393 g/mol. The van der Waals surface area contributed by atoms with E-state index in [1.807, 2.05) is 31.2 Å². The summed E-state index contributed by atoms with van der Waals surface area (Å²) >= 11 is 1.53. The van der Waals surface area contributed by atoms with E-state index >= 15 is 0 Å². The molecule has 148 valence electrons. The summed E-state index contributed by atoms with van der Waals surface area (Å²) in [5, 5.41) is 2.76. The number of hydrogen-bond donors (Lipinski definition) is 1. The second kappa shape index (κ2) is 10.3. The van der Waals surface area contributed by atoms with Crippen LogP contribution in [-0.2, 0) is 19.1 Å². The molecule has 2 atom stereocenters. The molecule has 7 heteroatoms. The molecule has 2 rings (SSSR count). The van der Waals surface area contributed by atoms with Crippen molar-refractivity contribution < 1.29 is 19.1 Å². The van der Waals surface area contributed by atoms with Crippen LogP contribution in [0.3, 0.4) is 0 Å². The van der Waals surface area contributed by atoms with Crippen molar-refractivity contribution >= 4 is 29.5 Å². The molecule has 0 bridgehead atoms. The highest BCUT2D eigenvalue weighted by Gasteiger charge is 2.32. The van der Waals surface area contributed by atoms with Gasteiger partial charge in [0.2, 0.25) is 11.8 Å². The minimum Gasteiger partial charge on any atom is -0.466 e. The van der Waals surface area contributed by atoms with Crippen molar-refractivity contribution in [3.63, 3.8) is 0 Å². The minimum absolute atomic E-state index is 0.140. The molecule has 1 saturated heterocycles. The summed E-state index contributed by atoms with van der Waals surface area (Å²) in [4.78, 5) is 39.3. The number of carbonyl (C=O) groups is 3. The van der Waals surface area contributed by atoms with Crippen LogP contribution in [0.25, 0.3) is 0 Å². The number of nitrogens with one attached hydrogen (secondary N) is 1.